The van der Waals surface area contributed by atoms with Crippen LogP contribution in [0.15, 0.2) is 36.4 Å². The molecule has 44 heavy (non-hydrogen) atoms. The van der Waals surface area contributed by atoms with Gasteiger partial charge in [0, 0.05) is 55.2 Å². The van der Waals surface area contributed by atoms with Gasteiger partial charge in [-0.2, -0.15) is 0 Å². The Balaban J connectivity index is 1.57. The average molecular weight is 602 g/mol. The summed E-state index contributed by atoms with van der Waals surface area (Å²) in [7, 11) is 0. The molecule has 0 aliphatic carbocycles. The summed E-state index contributed by atoms with van der Waals surface area (Å²) in [5, 5.41) is 10.5. The summed E-state index contributed by atoms with van der Waals surface area (Å²) in [6.45, 7) is 20.2. The molecule has 6 nitrogen and oxygen atoms in total. The van der Waals surface area contributed by atoms with Gasteiger partial charge in [0.15, 0.2) is 6.10 Å². The van der Waals surface area contributed by atoms with Crippen molar-refractivity contribution in [3.05, 3.63) is 81.4 Å². The van der Waals surface area contributed by atoms with Crippen LogP contribution >= 0.6 is 0 Å². The van der Waals surface area contributed by atoms with Crippen LogP contribution in [0.4, 0.5) is 10.1 Å². The molecule has 0 bridgehead atoms. The van der Waals surface area contributed by atoms with E-state index in [0.717, 1.165) is 85.6 Å². The van der Waals surface area contributed by atoms with Gasteiger partial charge in [-0.05, 0) is 100 Å². The zero-order chi connectivity index (χ0) is 32.0. The SMILES string of the molecule is Cc1nc(C)c(C(OC(C)(C)C)C(=O)O)c(N2CCC(C)(C)CC2)c1-c1ccc2c(c1)CCN(Cc1cccc(F)c1C)C2. The minimum absolute atomic E-state index is 0.155. The Morgan fingerprint density at radius 1 is 1.05 bits per heavy atom. The predicted octanol–water partition coefficient (Wildman–Crippen LogP) is 7.94. The van der Waals surface area contributed by atoms with Gasteiger partial charge < -0.3 is 14.7 Å². The fraction of sp³-hybridized carbons (Fsp3) is 0.514. The van der Waals surface area contributed by atoms with Gasteiger partial charge in [-0.1, -0.05) is 44.2 Å². The predicted molar refractivity (Wildman–Crippen MR) is 175 cm³/mol. The molecule has 1 unspecified atom stereocenters. The number of rotatable bonds is 7. The van der Waals surface area contributed by atoms with E-state index in [1.54, 1.807) is 6.07 Å². The van der Waals surface area contributed by atoms with Crippen LogP contribution in [-0.2, 0) is 29.0 Å². The maximum absolute atomic E-state index is 14.2. The third-order valence-electron chi connectivity index (χ3n) is 9.33. The molecule has 0 spiro atoms. The normalized spacial score (nSPS) is 17.8. The van der Waals surface area contributed by atoms with Crippen LogP contribution in [0.1, 0.15) is 92.8 Å². The van der Waals surface area contributed by atoms with Gasteiger partial charge in [-0.15, -0.1) is 0 Å². The lowest BCUT2D eigenvalue weighted by molar-refractivity contribution is -0.160. The van der Waals surface area contributed by atoms with Crippen molar-refractivity contribution < 1.29 is 19.0 Å². The molecule has 1 fully saturated rings. The molecule has 5 rings (SSSR count). The molecule has 1 saturated heterocycles. The Kier molecular flexibility index (Phi) is 8.94. The molecule has 236 valence electrons. The van der Waals surface area contributed by atoms with Crippen molar-refractivity contribution in [2.45, 2.75) is 99.4 Å². The highest BCUT2D eigenvalue weighted by molar-refractivity contribution is 5.88. The van der Waals surface area contributed by atoms with Gasteiger partial charge >= 0.3 is 5.97 Å². The van der Waals surface area contributed by atoms with E-state index in [2.05, 4.69) is 41.8 Å². The van der Waals surface area contributed by atoms with Crippen LogP contribution in [0.5, 0.6) is 0 Å². The van der Waals surface area contributed by atoms with Crippen molar-refractivity contribution in [3.8, 4) is 11.1 Å². The first-order valence-corrected chi connectivity index (χ1v) is 15.9. The lowest BCUT2D eigenvalue weighted by Gasteiger charge is -2.41. The van der Waals surface area contributed by atoms with E-state index in [9.17, 15) is 14.3 Å². The molecular weight excluding hydrogens is 553 g/mol. The number of piperidine rings is 1. The number of anilines is 1. The molecule has 3 heterocycles. The second-order valence-corrected chi connectivity index (χ2v) is 14.5. The van der Waals surface area contributed by atoms with Gasteiger partial charge in [-0.25, -0.2) is 9.18 Å². The van der Waals surface area contributed by atoms with Crippen LogP contribution < -0.4 is 4.90 Å². The third kappa shape index (κ3) is 6.84. The largest absolute Gasteiger partial charge is 0.479 e. The number of aliphatic carboxylic acids is 1. The smallest absolute Gasteiger partial charge is 0.337 e. The number of ether oxygens (including phenoxy) is 1. The Morgan fingerprint density at radius 2 is 1.75 bits per heavy atom. The van der Waals surface area contributed by atoms with Crippen LogP contribution in [0.25, 0.3) is 11.1 Å². The number of carbonyl (C=O) groups is 1. The van der Waals surface area contributed by atoms with Crippen molar-refractivity contribution in [1.29, 1.82) is 0 Å². The van der Waals surface area contributed by atoms with Gasteiger partial charge in [0.25, 0.3) is 0 Å². The molecule has 3 aromatic rings. The van der Waals surface area contributed by atoms with Crippen molar-refractivity contribution in [1.82, 2.24) is 9.88 Å². The second-order valence-electron chi connectivity index (χ2n) is 14.5. The number of aryl methyl sites for hydroxylation is 2. The summed E-state index contributed by atoms with van der Waals surface area (Å²) in [6.07, 6.45) is 1.80. The second kappa shape index (κ2) is 12.2. The van der Waals surface area contributed by atoms with Gasteiger partial charge in [0.2, 0.25) is 0 Å². The number of hydrogen-bond donors (Lipinski definition) is 1. The molecule has 2 aliphatic rings. The number of carboxylic acid groups (broad SMARTS) is 1. The molecule has 0 saturated carbocycles. The quantitative estimate of drug-likeness (QED) is 0.297. The first-order valence-electron chi connectivity index (χ1n) is 15.9. The molecule has 1 atom stereocenters. The van der Waals surface area contributed by atoms with Crippen molar-refractivity contribution in [2.24, 2.45) is 5.41 Å². The van der Waals surface area contributed by atoms with E-state index in [1.807, 2.05) is 47.6 Å². The van der Waals surface area contributed by atoms with E-state index in [0.29, 0.717) is 11.3 Å². The van der Waals surface area contributed by atoms with Crippen molar-refractivity contribution in [3.63, 3.8) is 0 Å². The monoisotopic (exact) mass is 601 g/mol. The third-order valence-corrected chi connectivity index (χ3v) is 9.33. The molecule has 1 aromatic heterocycles. The highest BCUT2D eigenvalue weighted by Gasteiger charge is 2.36. The summed E-state index contributed by atoms with van der Waals surface area (Å²) in [5.41, 5.74) is 9.15. The Morgan fingerprint density at radius 3 is 2.41 bits per heavy atom. The zero-order valence-electron chi connectivity index (χ0n) is 27.7. The lowest BCUT2D eigenvalue weighted by atomic mass is 9.81. The zero-order valence-corrected chi connectivity index (χ0v) is 27.7. The topological polar surface area (TPSA) is 65.9 Å². The molecule has 1 N–H and O–H groups in total. The molecule has 0 radical (unpaired) electrons. The standard InChI is InChI=1S/C37H48FN3O3/c1-23-28(10-9-11-30(23)38)21-40-17-14-26-20-27(12-13-29(26)22-40)31-24(2)39-25(3)32(34(35(42)43)44-36(4,5)6)33(31)41-18-15-37(7,8)16-19-41/h9-13,20,34H,14-19,21-22H2,1-8H3,(H,42,43). The molecule has 2 aliphatic heterocycles. The summed E-state index contributed by atoms with van der Waals surface area (Å²) in [5.74, 6) is -1.16. The highest BCUT2D eigenvalue weighted by atomic mass is 19.1. The first kappa shape index (κ1) is 32.1. The van der Waals surface area contributed by atoms with Gasteiger partial charge in [-0.3, -0.25) is 9.88 Å². The Labute approximate surface area is 262 Å². The summed E-state index contributed by atoms with van der Waals surface area (Å²) >= 11 is 0. The van der Waals surface area contributed by atoms with Crippen LogP contribution in [-0.4, -0.2) is 46.2 Å². The molecular formula is C37H48FN3O3. The van der Waals surface area contributed by atoms with Crippen molar-refractivity contribution in [2.75, 3.05) is 24.5 Å². The number of pyridine rings is 1. The maximum atomic E-state index is 14.2. The van der Waals surface area contributed by atoms with E-state index in [4.69, 9.17) is 9.72 Å². The average Bonchev–Trinajstić information content (AvgIpc) is 2.93. The number of nitrogens with zero attached hydrogens (tertiary/aromatic N) is 3. The van der Waals surface area contributed by atoms with E-state index >= 15 is 0 Å². The van der Waals surface area contributed by atoms with E-state index in [-0.39, 0.29) is 11.2 Å². The van der Waals surface area contributed by atoms with Gasteiger partial charge in [0.1, 0.15) is 5.82 Å². The molecule has 0 amide bonds. The summed E-state index contributed by atoms with van der Waals surface area (Å²) in [4.78, 5) is 22.5. The minimum atomic E-state index is -1.13. The lowest BCUT2D eigenvalue weighted by Crippen LogP contribution is -2.39. The summed E-state index contributed by atoms with van der Waals surface area (Å²) in [6, 6.07) is 12.0. The van der Waals surface area contributed by atoms with Gasteiger partial charge in [0.05, 0.1) is 11.3 Å². The maximum Gasteiger partial charge on any atom is 0.337 e. The fourth-order valence-corrected chi connectivity index (χ4v) is 6.72. The number of benzene rings is 2. The minimum Gasteiger partial charge on any atom is -0.479 e. The van der Waals surface area contributed by atoms with E-state index < -0.39 is 17.7 Å². The Hall–Kier alpha value is -3.29. The van der Waals surface area contributed by atoms with Crippen LogP contribution in [0.2, 0.25) is 0 Å². The summed E-state index contributed by atoms with van der Waals surface area (Å²) < 4.78 is 20.4. The Bertz CT molecular complexity index is 1550. The first-order chi connectivity index (χ1) is 20.6. The van der Waals surface area contributed by atoms with Crippen LogP contribution in [0.3, 0.4) is 0 Å². The number of hydrogen-bond acceptors (Lipinski definition) is 5. The molecule has 2 aromatic carbocycles. The fourth-order valence-electron chi connectivity index (χ4n) is 6.72. The van der Waals surface area contributed by atoms with Crippen LogP contribution in [0, 0.1) is 32.0 Å². The van der Waals surface area contributed by atoms with E-state index in [1.165, 1.54) is 17.2 Å². The number of fused-ring (bicyclic) bond motifs is 1. The molecule has 7 heteroatoms. The van der Waals surface area contributed by atoms with Crippen molar-refractivity contribution >= 4 is 11.7 Å². The highest BCUT2D eigenvalue weighted by Crippen LogP contribution is 2.45. The number of aromatic nitrogens is 1. The number of halogens is 1. The number of carboxylic acids is 1.